The predicted octanol–water partition coefficient (Wildman–Crippen LogP) is 0.842. The first-order chi connectivity index (χ1) is 7.74. The maximum Gasteiger partial charge on any atom is 0.319 e. The van der Waals surface area contributed by atoms with E-state index in [1.807, 2.05) is 0 Å². The highest BCUT2D eigenvalue weighted by molar-refractivity contribution is 5.94. The fraction of sp³-hybridized carbons (Fsp3) is 0.500. The molecule has 1 fully saturated rings. The zero-order valence-electron chi connectivity index (χ0n) is 9.19. The second-order valence-electron chi connectivity index (χ2n) is 3.54. The quantitative estimate of drug-likeness (QED) is 0.818. The Labute approximate surface area is 93.0 Å². The van der Waals surface area contributed by atoms with Crippen molar-refractivity contribution in [3.05, 3.63) is 6.20 Å². The Morgan fingerprint density at radius 2 is 2.19 bits per heavy atom. The number of amides is 1. The predicted molar refractivity (Wildman–Crippen MR) is 56.5 cm³/mol. The van der Waals surface area contributed by atoms with Crippen LogP contribution in [0.25, 0.3) is 0 Å². The molecule has 2 rings (SSSR count). The van der Waals surface area contributed by atoms with Crippen LogP contribution in [0.5, 0.6) is 11.9 Å². The van der Waals surface area contributed by atoms with Gasteiger partial charge in [-0.05, 0) is 12.8 Å². The van der Waals surface area contributed by atoms with E-state index >= 15 is 0 Å². The van der Waals surface area contributed by atoms with Gasteiger partial charge in [-0.15, -0.1) is 0 Å². The molecule has 0 aliphatic heterocycles. The number of ether oxygens (including phenoxy) is 2. The lowest BCUT2D eigenvalue weighted by molar-refractivity contribution is -0.117. The van der Waals surface area contributed by atoms with Gasteiger partial charge in [0.05, 0.1) is 20.4 Å². The molecular weight excluding hydrogens is 210 g/mol. The monoisotopic (exact) mass is 223 g/mol. The Morgan fingerprint density at radius 1 is 1.44 bits per heavy atom. The Bertz CT molecular complexity index is 404. The van der Waals surface area contributed by atoms with Gasteiger partial charge >= 0.3 is 6.01 Å². The van der Waals surface area contributed by atoms with Crippen molar-refractivity contribution in [2.75, 3.05) is 19.5 Å². The lowest BCUT2D eigenvalue weighted by atomic mass is 10.4. The second kappa shape index (κ2) is 4.34. The highest BCUT2D eigenvalue weighted by Gasteiger charge is 2.30. The molecule has 0 saturated heterocycles. The molecule has 86 valence electrons. The van der Waals surface area contributed by atoms with E-state index < -0.39 is 0 Å². The van der Waals surface area contributed by atoms with Crippen LogP contribution >= 0.6 is 0 Å². The van der Waals surface area contributed by atoms with Crippen molar-refractivity contribution in [1.29, 1.82) is 0 Å². The van der Waals surface area contributed by atoms with Gasteiger partial charge in [0.25, 0.3) is 0 Å². The minimum Gasteiger partial charge on any atom is -0.479 e. The van der Waals surface area contributed by atoms with Gasteiger partial charge < -0.3 is 14.8 Å². The average molecular weight is 223 g/mol. The molecule has 6 nitrogen and oxygen atoms in total. The van der Waals surface area contributed by atoms with Gasteiger partial charge in [-0.25, -0.2) is 4.98 Å². The Morgan fingerprint density at radius 3 is 2.75 bits per heavy atom. The number of hydrogen-bond acceptors (Lipinski definition) is 5. The van der Waals surface area contributed by atoms with Crippen LogP contribution < -0.4 is 14.8 Å². The van der Waals surface area contributed by atoms with Crippen molar-refractivity contribution < 1.29 is 14.3 Å². The third-order valence-electron chi connectivity index (χ3n) is 2.31. The second-order valence-corrected chi connectivity index (χ2v) is 3.54. The molecule has 1 aromatic rings. The summed E-state index contributed by atoms with van der Waals surface area (Å²) in [5.41, 5.74) is 0.472. The van der Waals surface area contributed by atoms with Crippen LogP contribution in [0, 0.1) is 5.92 Å². The standard InChI is InChI=1S/C10H13N3O3/c1-15-9-7(5-11-10(13-9)16-2)12-8(14)6-3-4-6/h5-6H,3-4H2,1-2H3,(H,12,14). The van der Waals surface area contributed by atoms with Gasteiger partial charge in [0.2, 0.25) is 11.8 Å². The fourth-order valence-electron chi connectivity index (χ4n) is 1.27. The van der Waals surface area contributed by atoms with Gasteiger partial charge in [0.15, 0.2) is 0 Å². The smallest absolute Gasteiger partial charge is 0.319 e. The lowest BCUT2D eigenvalue weighted by Gasteiger charge is -2.08. The van der Waals surface area contributed by atoms with Crippen molar-refractivity contribution in [2.45, 2.75) is 12.8 Å². The molecule has 1 aromatic heterocycles. The van der Waals surface area contributed by atoms with Crippen molar-refractivity contribution in [3.8, 4) is 11.9 Å². The van der Waals surface area contributed by atoms with E-state index in [1.165, 1.54) is 20.4 Å². The maximum atomic E-state index is 11.5. The summed E-state index contributed by atoms with van der Waals surface area (Å²) in [6, 6.07) is 0.210. The first-order valence-electron chi connectivity index (χ1n) is 5.00. The minimum atomic E-state index is -0.00735. The zero-order valence-corrected chi connectivity index (χ0v) is 9.19. The number of nitrogens with zero attached hydrogens (tertiary/aromatic N) is 2. The summed E-state index contributed by atoms with van der Waals surface area (Å²) in [6.45, 7) is 0. The molecule has 0 atom stereocenters. The van der Waals surface area contributed by atoms with Gasteiger partial charge in [0.1, 0.15) is 5.69 Å². The van der Waals surface area contributed by atoms with Crippen LogP contribution in [0.1, 0.15) is 12.8 Å². The summed E-state index contributed by atoms with van der Waals surface area (Å²) in [4.78, 5) is 19.4. The van der Waals surface area contributed by atoms with Gasteiger partial charge in [-0.3, -0.25) is 4.79 Å². The third kappa shape index (κ3) is 2.21. The summed E-state index contributed by atoms with van der Waals surface area (Å²) < 4.78 is 9.90. The van der Waals surface area contributed by atoms with E-state index in [0.29, 0.717) is 11.6 Å². The largest absolute Gasteiger partial charge is 0.479 e. The normalized spacial score (nSPS) is 14.4. The number of anilines is 1. The first-order valence-corrected chi connectivity index (χ1v) is 5.00. The van der Waals surface area contributed by atoms with Crippen LogP contribution in [-0.2, 0) is 4.79 Å². The SMILES string of the molecule is COc1ncc(NC(=O)C2CC2)c(OC)n1. The van der Waals surface area contributed by atoms with Crippen LogP contribution in [0.2, 0.25) is 0 Å². The molecule has 0 radical (unpaired) electrons. The van der Waals surface area contributed by atoms with Crippen LogP contribution in [0.15, 0.2) is 6.20 Å². The summed E-state index contributed by atoms with van der Waals surface area (Å²) >= 11 is 0. The number of hydrogen-bond donors (Lipinski definition) is 1. The van der Waals surface area contributed by atoms with E-state index in [1.54, 1.807) is 0 Å². The molecule has 16 heavy (non-hydrogen) atoms. The minimum absolute atomic E-state index is 0.00735. The topological polar surface area (TPSA) is 73.3 Å². The first kappa shape index (κ1) is 10.7. The zero-order chi connectivity index (χ0) is 11.5. The Balaban J connectivity index is 2.15. The average Bonchev–Trinajstić information content (AvgIpc) is 3.13. The van der Waals surface area contributed by atoms with Crippen molar-refractivity contribution in [1.82, 2.24) is 9.97 Å². The van der Waals surface area contributed by atoms with Crippen LogP contribution in [-0.4, -0.2) is 30.1 Å². The molecule has 1 N–H and O–H groups in total. The van der Waals surface area contributed by atoms with E-state index in [0.717, 1.165) is 12.8 Å². The van der Waals surface area contributed by atoms with E-state index in [-0.39, 0.29) is 17.8 Å². The highest BCUT2D eigenvalue weighted by Crippen LogP contribution is 2.31. The number of carbonyl (C=O) groups excluding carboxylic acids is 1. The maximum absolute atomic E-state index is 11.5. The molecule has 6 heteroatoms. The number of aromatic nitrogens is 2. The van der Waals surface area contributed by atoms with Gasteiger partial charge in [-0.1, -0.05) is 0 Å². The van der Waals surface area contributed by atoms with Crippen molar-refractivity contribution >= 4 is 11.6 Å². The number of methoxy groups -OCH3 is 2. The molecule has 1 saturated carbocycles. The molecule has 0 aromatic carbocycles. The van der Waals surface area contributed by atoms with Gasteiger partial charge in [-0.2, -0.15) is 4.98 Å². The van der Waals surface area contributed by atoms with E-state index in [4.69, 9.17) is 9.47 Å². The Kier molecular flexibility index (Phi) is 2.89. The molecule has 0 bridgehead atoms. The number of rotatable bonds is 4. The molecular formula is C10H13N3O3. The molecule has 0 spiro atoms. The van der Waals surface area contributed by atoms with Crippen LogP contribution in [0.4, 0.5) is 5.69 Å². The third-order valence-corrected chi connectivity index (χ3v) is 2.31. The molecule has 1 heterocycles. The lowest BCUT2D eigenvalue weighted by Crippen LogP contribution is -2.14. The van der Waals surface area contributed by atoms with Crippen LogP contribution in [0.3, 0.4) is 0 Å². The summed E-state index contributed by atoms with van der Waals surface area (Å²) in [6.07, 6.45) is 3.38. The highest BCUT2D eigenvalue weighted by atomic mass is 16.5. The summed E-state index contributed by atoms with van der Waals surface area (Å²) in [7, 11) is 2.95. The molecule has 0 unspecified atom stereocenters. The van der Waals surface area contributed by atoms with Crippen molar-refractivity contribution in [2.24, 2.45) is 5.92 Å². The molecule has 1 aliphatic rings. The van der Waals surface area contributed by atoms with Gasteiger partial charge in [0, 0.05) is 5.92 Å². The number of nitrogens with one attached hydrogen (secondary N) is 1. The number of carbonyl (C=O) groups is 1. The molecule has 1 amide bonds. The summed E-state index contributed by atoms with van der Waals surface area (Å²) in [5.74, 6) is 0.430. The van der Waals surface area contributed by atoms with E-state index in [2.05, 4.69) is 15.3 Å². The summed E-state index contributed by atoms with van der Waals surface area (Å²) in [5, 5.41) is 2.73. The van der Waals surface area contributed by atoms with Crippen molar-refractivity contribution in [3.63, 3.8) is 0 Å². The van der Waals surface area contributed by atoms with E-state index in [9.17, 15) is 4.79 Å². The Hall–Kier alpha value is -1.85. The fourth-order valence-corrected chi connectivity index (χ4v) is 1.27. The molecule has 1 aliphatic carbocycles.